The van der Waals surface area contributed by atoms with E-state index >= 15 is 0 Å². The van der Waals surface area contributed by atoms with E-state index < -0.39 is 0 Å². The fraction of sp³-hybridized carbons (Fsp3) is 0.286. The van der Waals surface area contributed by atoms with Gasteiger partial charge in [0.15, 0.2) is 5.11 Å². The molecule has 0 spiro atoms. The summed E-state index contributed by atoms with van der Waals surface area (Å²) in [6.45, 7) is 0.648. The van der Waals surface area contributed by atoms with Crippen LogP contribution in [0.25, 0.3) is 0 Å². The highest BCUT2D eigenvalue weighted by atomic mass is 32.1. The summed E-state index contributed by atoms with van der Waals surface area (Å²) in [6.07, 6.45) is 10.8. The van der Waals surface area contributed by atoms with Crippen molar-refractivity contribution in [3.8, 4) is 5.75 Å². The molecule has 178 valence electrons. The molecule has 0 amide bonds. The smallest absolute Gasteiger partial charge is 0.174 e. The van der Waals surface area contributed by atoms with Gasteiger partial charge in [0.05, 0.1) is 30.6 Å². The van der Waals surface area contributed by atoms with E-state index in [4.69, 9.17) is 21.4 Å². The number of hydrogen-bond acceptors (Lipinski definition) is 4. The van der Waals surface area contributed by atoms with Gasteiger partial charge in [-0.05, 0) is 98.6 Å². The van der Waals surface area contributed by atoms with Crippen LogP contribution in [0.3, 0.4) is 0 Å². The molecule has 6 nitrogen and oxygen atoms in total. The van der Waals surface area contributed by atoms with E-state index in [-0.39, 0.29) is 12.1 Å². The van der Waals surface area contributed by atoms with Crippen molar-refractivity contribution in [2.75, 3.05) is 4.90 Å². The third kappa shape index (κ3) is 4.44. The summed E-state index contributed by atoms with van der Waals surface area (Å²) < 4.78 is 14.1. The fourth-order valence-electron chi connectivity index (χ4n) is 5.23. The summed E-state index contributed by atoms with van der Waals surface area (Å²) in [5.41, 5.74) is 3.11. The Hall–Kier alpha value is -3.58. The van der Waals surface area contributed by atoms with Gasteiger partial charge in [-0.2, -0.15) is 0 Å². The van der Waals surface area contributed by atoms with Crippen LogP contribution < -0.4 is 15.0 Å². The van der Waals surface area contributed by atoms with Crippen LogP contribution in [0.5, 0.6) is 5.75 Å². The highest BCUT2D eigenvalue weighted by Crippen LogP contribution is 2.42. The molecule has 3 aromatic heterocycles. The molecular weight excluding hydrogens is 456 g/mol. The molecule has 0 unspecified atom stereocenters. The van der Waals surface area contributed by atoms with Gasteiger partial charge in [-0.15, -0.1) is 0 Å². The molecule has 1 aromatic carbocycles. The molecule has 4 heterocycles. The monoisotopic (exact) mass is 484 g/mol. The first-order valence-electron chi connectivity index (χ1n) is 12.2. The van der Waals surface area contributed by atoms with Crippen LogP contribution in [-0.2, 0) is 6.54 Å². The van der Waals surface area contributed by atoms with Gasteiger partial charge in [-0.25, -0.2) is 0 Å². The molecule has 1 N–H and O–H groups in total. The Morgan fingerprint density at radius 1 is 1.00 bits per heavy atom. The van der Waals surface area contributed by atoms with Gasteiger partial charge in [0.2, 0.25) is 0 Å². The summed E-state index contributed by atoms with van der Waals surface area (Å²) in [5, 5.41) is 4.22. The number of benzene rings is 1. The molecule has 1 aliphatic carbocycles. The lowest BCUT2D eigenvalue weighted by molar-refractivity contribution is 0.210. The molecule has 2 atom stereocenters. The van der Waals surface area contributed by atoms with E-state index in [1.807, 2.05) is 30.5 Å². The fourth-order valence-corrected chi connectivity index (χ4v) is 5.57. The Balaban J connectivity index is 1.35. The zero-order valence-corrected chi connectivity index (χ0v) is 20.2. The third-order valence-corrected chi connectivity index (χ3v) is 7.21. The summed E-state index contributed by atoms with van der Waals surface area (Å²) in [6, 6.07) is 22.3. The van der Waals surface area contributed by atoms with Gasteiger partial charge in [0, 0.05) is 23.8 Å². The molecule has 4 aromatic rings. The van der Waals surface area contributed by atoms with Crippen LogP contribution in [0.2, 0.25) is 0 Å². The van der Waals surface area contributed by atoms with Crippen LogP contribution in [0.4, 0.5) is 5.69 Å². The van der Waals surface area contributed by atoms with E-state index in [2.05, 4.69) is 68.4 Å². The zero-order chi connectivity index (χ0) is 23.6. The van der Waals surface area contributed by atoms with Gasteiger partial charge in [-0.1, -0.05) is 6.07 Å². The molecule has 7 heteroatoms. The van der Waals surface area contributed by atoms with E-state index in [0.717, 1.165) is 41.4 Å². The van der Waals surface area contributed by atoms with Crippen LogP contribution in [0, 0.1) is 0 Å². The number of nitrogens with zero attached hydrogens (tertiary/aromatic N) is 3. The molecule has 2 fully saturated rings. The second-order valence-corrected chi connectivity index (χ2v) is 9.54. The Morgan fingerprint density at radius 3 is 2.60 bits per heavy atom. The highest BCUT2D eigenvalue weighted by molar-refractivity contribution is 7.80. The van der Waals surface area contributed by atoms with Gasteiger partial charge in [0.25, 0.3) is 0 Å². The van der Waals surface area contributed by atoms with Crippen molar-refractivity contribution in [1.29, 1.82) is 0 Å². The minimum atomic E-state index is -0.0941. The third-order valence-electron chi connectivity index (χ3n) is 6.89. The number of anilines is 1. The molecular formula is C28H28N4O2S. The Labute approximate surface area is 210 Å². The molecule has 0 radical (unpaired) electrons. The van der Waals surface area contributed by atoms with Gasteiger partial charge in [-0.3, -0.25) is 4.98 Å². The molecule has 2 aliphatic rings. The SMILES string of the molecule is S=C1N[C@H](c2ccccn2)[C@@H](c2cccn2Cc2ccco2)N1c1ccc(OC2CCCC2)cc1. The van der Waals surface area contributed by atoms with E-state index in [9.17, 15) is 0 Å². The number of nitrogens with one attached hydrogen (secondary N) is 1. The lowest BCUT2D eigenvalue weighted by Crippen LogP contribution is -2.30. The van der Waals surface area contributed by atoms with Gasteiger partial charge in [0.1, 0.15) is 17.6 Å². The van der Waals surface area contributed by atoms with Crippen molar-refractivity contribution in [3.63, 3.8) is 0 Å². The minimum absolute atomic E-state index is 0.0797. The van der Waals surface area contributed by atoms with Crippen LogP contribution >= 0.6 is 12.2 Å². The Morgan fingerprint density at radius 2 is 1.86 bits per heavy atom. The summed E-state index contributed by atoms with van der Waals surface area (Å²) >= 11 is 5.89. The average Bonchev–Trinajstić information content (AvgIpc) is 3.69. The predicted octanol–water partition coefficient (Wildman–Crippen LogP) is 6.02. The first kappa shape index (κ1) is 21.9. The quantitative estimate of drug-likeness (QED) is 0.324. The number of pyridine rings is 1. The topological polar surface area (TPSA) is 55.5 Å². The normalized spacial score (nSPS) is 20.3. The number of aromatic nitrogens is 2. The molecule has 1 saturated carbocycles. The maximum absolute atomic E-state index is 6.20. The lowest BCUT2D eigenvalue weighted by Gasteiger charge is -2.29. The molecule has 6 rings (SSSR count). The van der Waals surface area contributed by atoms with Crippen molar-refractivity contribution in [1.82, 2.24) is 14.9 Å². The highest BCUT2D eigenvalue weighted by Gasteiger charge is 2.42. The first-order chi connectivity index (χ1) is 17.3. The van der Waals surface area contributed by atoms with Crippen molar-refractivity contribution < 1.29 is 9.15 Å². The zero-order valence-electron chi connectivity index (χ0n) is 19.4. The van der Waals surface area contributed by atoms with E-state index in [1.54, 1.807) is 6.26 Å². The largest absolute Gasteiger partial charge is 0.490 e. The molecule has 35 heavy (non-hydrogen) atoms. The first-order valence-corrected chi connectivity index (χ1v) is 12.6. The van der Waals surface area contributed by atoms with E-state index in [1.165, 1.54) is 12.8 Å². The minimum Gasteiger partial charge on any atom is -0.490 e. The average molecular weight is 485 g/mol. The van der Waals surface area contributed by atoms with Crippen molar-refractivity contribution >= 4 is 23.0 Å². The second kappa shape index (κ2) is 9.58. The van der Waals surface area contributed by atoms with Crippen LogP contribution in [0.15, 0.2) is 89.8 Å². The lowest BCUT2D eigenvalue weighted by atomic mass is 10.0. The Kier molecular flexibility index (Phi) is 6.00. The van der Waals surface area contributed by atoms with Crippen LogP contribution in [0.1, 0.15) is 54.9 Å². The number of hydrogen-bond donors (Lipinski definition) is 1. The number of ether oxygens (including phenoxy) is 1. The van der Waals surface area contributed by atoms with Crippen molar-refractivity contribution in [2.24, 2.45) is 0 Å². The van der Waals surface area contributed by atoms with Crippen molar-refractivity contribution in [2.45, 2.75) is 50.4 Å². The predicted molar refractivity (Wildman–Crippen MR) is 139 cm³/mol. The molecule has 1 aliphatic heterocycles. The molecule has 1 saturated heterocycles. The summed E-state index contributed by atoms with van der Waals surface area (Å²) in [4.78, 5) is 6.86. The van der Waals surface area contributed by atoms with Crippen LogP contribution in [-0.4, -0.2) is 20.8 Å². The maximum Gasteiger partial charge on any atom is 0.174 e. The Bertz CT molecular complexity index is 1260. The summed E-state index contributed by atoms with van der Waals surface area (Å²) in [7, 11) is 0. The molecule has 0 bridgehead atoms. The number of thiocarbonyl (C=S) groups is 1. The standard InChI is InChI=1S/C28H28N4O2S/c35-28-30-26(24-10-3-4-16-29-24)27(25-11-5-17-31(25)19-23-9-6-18-33-23)32(28)20-12-14-22(15-13-20)34-21-7-1-2-8-21/h3-6,9-18,21,26-27H,1-2,7-8,19H2,(H,30,35)/t26-,27-/m1/s1. The number of rotatable bonds is 7. The second-order valence-electron chi connectivity index (χ2n) is 9.16. The van der Waals surface area contributed by atoms with Crippen molar-refractivity contribution in [3.05, 3.63) is 103 Å². The summed E-state index contributed by atoms with van der Waals surface area (Å²) in [5.74, 6) is 1.82. The van der Waals surface area contributed by atoms with Gasteiger partial charge >= 0.3 is 0 Å². The maximum atomic E-state index is 6.20. The van der Waals surface area contributed by atoms with Gasteiger partial charge < -0.3 is 23.9 Å². The van der Waals surface area contributed by atoms with E-state index in [0.29, 0.717) is 17.8 Å². The number of furan rings is 1.